The topological polar surface area (TPSA) is 26.0 Å². The Morgan fingerprint density at radius 1 is 1.36 bits per heavy atom. The molecule has 2 aromatic rings. The van der Waals surface area contributed by atoms with E-state index in [0.717, 1.165) is 11.3 Å². The molecule has 11 heavy (non-hydrogen) atoms. The first kappa shape index (κ1) is 6.16. The molecule has 2 aromatic heterocycles. The zero-order chi connectivity index (χ0) is 7.52. The van der Waals surface area contributed by atoms with Crippen LogP contribution in [-0.2, 0) is 0 Å². The average molecular weight is 144 g/mol. The van der Waals surface area contributed by atoms with Gasteiger partial charge in [-0.3, -0.25) is 4.98 Å². The largest absolute Gasteiger partial charge is 0.464 e. The van der Waals surface area contributed by atoms with Crippen molar-refractivity contribution in [2.75, 3.05) is 0 Å². The molecule has 0 aliphatic rings. The van der Waals surface area contributed by atoms with E-state index < -0.39 is 0 Å². The highest BCUT2D eigenvalue weighted by molar-refractivity contribution is 5.55. The van der Waals surface area contributed by atoms with E-state index in [9.17, 15) is 0 Å². The van der Waals surface area contributed by atoms with Gasteiger partial charge in [0.05, 0.1) is 12.5 Å². The van der Waals surface area contributed by atoms with Gasteiger partial charge in [0, 0.05) is 11.8 Å². The molecule has 0 N–H and O–H groups in total. The standard InChI is InChI=1S/C9H6NO/c1-2-9(11-7-1)8-3-5-10-6-4-8/h1-5,7H. The molecule has 0 atom stereocenters. The summed E-state index contributed by atoms with van der Waals surface area (Å²) >= 11 is 0. The molecule has 0 aliphatic carbocycles. The van der Waals surface area contributed by atoms with Crippen molar-refractivity contribution in [3.63, 3.8) is 0 Å². The Kier molecular flexibility index (Phi) is 1.44. The minimum Gasteiger partial charge on any atom is -0.464 e. The quantitative estimate of drug-likeness (QED) is 0.612. The lowest BCUT2D eigenvalue weighted by Gasteiger charge is -1.91. The predicted octanol–water partition coefficient (Wildman–Crippen LogP) is 2.14. The fourth-order valence-corrected chi connectivity index (χ4v) is 0.912. The van der Waals surface area contributed by atoms with Crippen molar-refractivity contribution < 1.29 is 4.42 Å². The molecule has 2 heteroatoms. The number of hydrogen-bond acceptors (Lipinski definition) is 2. The van der Waals surface area contributed by atoms with Crippen LogP contribution in [0, 0.1) is 6.20 Å². The Balaban J connectivity index is 2.46. The van der Waals surface area contributed by atoms with Crippen molar-refractivity contribution in [3.8, 4) is 11.3 Å². The monoisotopic (exact) mass is 144 g/mol. The van der Waals surface area contributed by atoms with Crippen molar-refractivity contribution in [2.45, 2.75) is 0 Å². The van der Waals surface area contributed by atoms with E-state index in [1.54, 1.807) is 18.5 Å². The van der Waals surface area contributed by atoms with Gasteiger partial charge in [-0.15, -0.1) is 0 Å². The minimum atomic E-state index is 0.851. The van der Waals surface area contributed by atoms with Gasteiger partial charge in [0.1, 0.15) is 5.76 Å². The van der Waals surface area contributed by atoms with Gasteiger partial charge in [-0.1, -0.05) is 0 Å². The van der Waals surface area contributed by atoms with E-state index in [4.69, 9.17) is 4.42 Å². The zero-order valence-electron chi connectivity index (χ0n) is 5.82. The van der Waals surface area contributed by atoms with E-state index >= 15 is 0 Å². The van der Waals surface area contributed by atoms with Crippen molar-refractivity contribution in [3.05, 3.63) is 42.9 Å². The number of rotatable bonds is 1. The lowest BCUT2D eigenvalue weighted by molar-refractivity contribution is 0.582. The molecule has 0 aliphatic heterocycles. The molecule has 0 amide bonds. The van der Waals surface area contributed by atoms with Gasteiger partial charge < -0.3 is 4.42 Å². The number of furan rings is 1. The highest BCUT2D eigenvalue weighted by Crippen LogP contribution is 2.17. The maximum atomic E-state index is 5.17. The summed E-state index contributed by atoms with van der Waals surface area (Å²) in [5.74, 6) is 0.851. The van der Waals surface area contributed by atoms with E-state index in [1.165, 1.54) is 0 Å². The van der Waals surface area contributed by atoms with E-state index in [1.807, 2.05) is 18.2 Å². The third-order valence-corrected chi connectivity index (χ3v) is 1.43. The molecule has 0 spiro atoms. The third kappa shape index (κ3) is 1.15. The van der Waals surface area contributed by atoms with Gasteiger partial charge >= 0.3 is 0 Å². The summed E-state index contributed by atoms with van der Waals surface area (Å²) in [7, 11) is 0. The van der Waals surface area contributed by atoms with Crippen LogP contribution in [0.25, 0.3) is 11.3 Å². The van der Waals surface area contributed by atoms with E-state index in [2.05, 4.69) is 11.2 Å². The fraction of sp³-hybridized carbons (Fsp3) is 0. The van der Waals surface area contributed by atoms with Gasteiger partial charge in [0.2, 0.25) is 0 Å². The molecular weight excluding hydrogens is 138 g/mol. The normalized spacial score (nSPS) is 9.82. The third-order valence-electron chi connectivity index (χ3n) is 1.43. The Bertz CT molecular complexity index is 313. The summed E-state index contributed by atoms with van der Waals surface area (Å²) < 4.78 is 5.17. The number of aromatic nitrogens is 1. The highest BCUT2D eigenvalue weighted by Gasteiger charge is 1.96. The molecule has 0 saturated heterocycles. The summed E-state index contributed by atoms with van der Waals surface area (Å²) in [6, 6.07) is 7.44. The molecule has 2 rings (SSSR count). The molecule has 0 aromatic carbocycles. The minimum absolute atomic E-state index is 0.851. The summed E-state index contributed by atoms with van der Waals surface area (Å²) in [5, 5.41) is 0. The van der Waals surface area contributed by atoms with Crippen LogP contribution in [0.2, 0.25) is 0 Å². The molecule has 2 heterocycles. The summed E-state index contributed by atoms with van der Waals surface area (Å²) in [5.41, 5.74) is 1.00. The Labute approximate surface area is 64.5 Å². The second-order valence-corrected chi connectivity index (χ2v) is 2.15. The number of hydrogen-bond donors (Lipinski definition) is 0. The molecule has 0 fully saturated rings. The molecule has 0 bridgehead atoms. The average Bonchev–Trinajstić information content (AvgIpc) is 2.58. The van der Waals surface area contributed by atoms with Crippen LogP contribution in [0.3, 0.4) is 0 Å². The number of pyridine rings is 1. The molecule has 0 unspecified atom stereocenters. The molecule has 0 saturated carbocycles. The van der Waals surface area contributed by atoms with Crippen LogP contribution in [0.5, 0.6) is 0 Å². The Morgan fingerprint density at radius 2 is 2.36 bits per heavy atom. The fourth-order valence-electron chi connectivity index (χ4n) is 0.912. The van der Waals surface area contributed by atoms with Crippen LogP contribution < -0.4 is 0 Å². The molecular formula is C9H6NO. The summed E-state index contributed by atoms with van der Waals surface area (Å²) in [6.45, 7) is 0. The van der Waals surface area contributed by atoms with Gasteiger partial charge in [0.25, 0.3) is 0 Å². The predicted molar refractivity (Wildman–Crippen MR) is 40.8 cm³/mol. The maximum Gasteiger partial charge on any atom is 0.133 e. The van der Waals surface area contributed by atoms with Gasteiger partial charge in [-0.25, -0.2) is 0 Å². The van der Waals surface area contributed by atoms with Crippen molar-refractivity contribution in [1.29, 1.82) is 0 Å². The lowest BCUT2D eigenvalue weighted by atomic mass is 10.2. The SMILES string of the molecule is [c]1cc(-c2ccco2)ccn1. The van der Waals surface area contributed by atoms with Crippen molar-refractivity contribution in [2.24, 2.45) is 0 Å². The van der Waals surface area contributed by atoms with Crippen LogP contribution in [0.4, 0.5) is 0 Å². The van der Waals surface area contributed by atoms with Crippen LogP contribution in [-0.4, -0.2) is 4.98 Å². The smallest absolute Gasteiger partial charge is 0.133 e. The first-order valence-corrected chi connectivity index (χ1v) is 3.33. The second kappa shape index (κ2) is 2.58. The second-order valence-electron chi connectivity index (χ2n) is 2.15. The molecule has 53 valence electrons. The summed E-state index contributed by atoms with van der Waals surface area (Å²) in [4.78, 5) is 3.79. The van der Waals surface area contributed by atoms with Gasteiger partial charge in [-0.2, -0.15) is 0 Å². The number of nitrogens with zero attached hydrogens (tertiary/aromatic N) is 1. The van der Waals surface area contributed by atoms with Crippen LogP contribution in [0.15, 0.2) is 41.1 Å². The van der Waals surface area contributed by atoms with E-state index in [0.29, 0.717) is 0 Å². The Morgan fingerprint density at radius 3 is 3.00 bits per heavy atom. The summed E-state index contributed by atoms with van der Waals surface area (Å²) in [6.07, 6.45) is 6.08. The van der Waals surface area contributed by atoms with E-state index in [-0.39, 0.29) is 0 Å². The maximum absolute atomic E-state index is 5.17. The molecule has 2 nitrogen and oxygen atoms in total. The lowest BCUT2D eigenvalue weighted by Crippen LogP contribution is -1.73. The van der Waals surface area contributed by atoms with Crippen molar-refractivity contribution >= 4 is 0 Å². The molecule has 1 radical (unpaired) electrons. The first-order chi connectivity index (χ1) is 5.47. The Hall–Kier alpha value is -1.57. The van der Waals surface area contributed by atoms with Gasteiger partial charge in [-0.05, 0) is 24.3 Å². The van der Waals surface area contributed by atoms with Crippen LogP contribution >= 0.6 is 0 Å². The van der Waals surface area contributed by atoms with Crippen LogP contribution in [0.1, 0.15) is 0 Å². The first-order valence-electron chi connectivity index (χ1n) is 3.33. The van der Waals surface area contributed by atoms with Crippen molar-refractivity contribution in [1.82, 2.24) is 4.98 Å². The highest BCUT2D eigenvalue weighted by atomic mass is 16.3. The van der Waals surface area contributed by atoms with Gasteiger partial charge in [0.15, 0.2) is 0 Å². The zero-order valence-corrected chi connectivity index (χ0v) is 5.82.